The van der Waals surface area contributed by atoms with Crippen molar-refractivity contribution in [2.24, 2.45) is 0 Å². The Morgan fingerprint density at radius 3 is 2.88 bits per heavy atom. The van der Waals surface area contributed by atoms with Gasteiger partial charge in [-0.1, -0.05) is 12.1 Å². The van der Waals surface area contributed by atoms with Gasteiger partial charge in [0.25, 0.3) is 0 Å². The van der Waals surface area contributed by atoms with Gasteiger partial charge < -0.3 is 15.2 Å². The first-order chi connectivity index (χ1) is 8.10. The van der Waals surface area contributed by atoms with Gasteiger partial charge in [0.05, 0.1) is 7.11 Å². The number of benzene rings is 1. The zero-order chi connectivity index (χ0) is 12.8. The quantitative estimate of drug-likeness (QED) is 0.714. The van der Waals surface area contributed by atoms with Crippen LogP contribution in [0.3, 0.4) is 0 Å². The summed E-state index contributed by atoms with van der Waals surface area (Å²) in [5, 5.41) is 10.9. The van der Waals surface area contributed by atoms with Crippen LogP contribution in [-0.4, -0.2) is 30.6 Å². The number of rotatable bonds is 6. The second-order valence-corrected chi connectivity index (χ2v) is 3.31. The van der Waals surface area contributed by atoms with Gasteiger partial charge in [-0.3, -0.25) is 4.79 Å². The average Bonchev–Trinajstić information content (AvgIpc) is 2.30. The Kier molecular flexibility index (Phi) is 4.45. The highest BCUT2D eigenvalue weighted by atomic mass is 19.1. The summed E-state index contributed by atoms with van der Waals surface area (Å²) in [6, 6.07) is 3.27. The number of carbonyl (C=O) groups excluding carboxylic acids is 1. The highest BCUT2D eigenvalue weighted by Gasteiger charge is 2.19. The number of carboxylic acids is 1. The lowest BCUT2D eigenvalue weighted by atomic mass is 10.1. The molecule has 1 aromatic carbocycles. The lowest BCUT2D eigenvalue weighted by Gasteiger charge is -2.12. The zero-order valence-electron chi connectivity index (χ0n) is 9.14. The smallest absolute Gasteiger partial charge is 0.326 e. The van der Waals surface area contributed by atoms with Crippen LogP contribution in [0.25, 0.3) is 0 Å². The summed E-state index contributed by atoms with van der Waals surface area (Å²) >= 11 is 0. The van der Waals surface area contributed by atoms with Crippen molar-refractivity contribution >= 4 is 12.4 Å². The minimum Gasteiger partial charge on any atom is -0.494 e. The Balaban J connectivity index is 2.92. The molecule has 1 rings (SSSR count). The molecule has 0 heterocycles. The third-order valence-corrected chi connectivity index (χ3v) is 2.25. The molecule has 0 aliphatic heterocycles. The van der Waals surface area contributed by atoms with Crippen molar-refractivity contribution in [3.63, 3.8) is 0 Å². The van der Waals surface area contributed by atoms with Crippen LogP contribution in [0.15, 0.2) is 18.2 Å². The second kappa shape index (κ2) is 5.83. The van der Waals surface area contributed by atoms with Crippen LogP contribution < -0.4 is 10.1 Å². The van der Waals surface area contributed by atoms with E-state index in [1.54, 1.807) is 6.07 Å². The monoisotopic (exact) mass is 241 g/mol. The van der Waals surface area contributed by atoms with Crippen LogP contribution >= 0.6 is 0 Å². The summed E-state index contributed by atoms with van der Waals surface area (Å²) in [6.45, 7) is 0. The van der Waals surface area contributed by atoms with Crippen molar-refractivity contribution in [1.82, 2.24) is 5.32 Å². The van der Waals surface area contributed by atoms with Crippen LogP contribution in [0.5, 0.6) is 5.75 Å². The van der Waals surface area contributed by atoms with E-state index in [1.165, 1.54) is 19.2 Å². The topological polar surface area (TPSA) is 75.6 Å². The molecule has 6 heteroatoms. The molecule has 0 aliphatic carbocycles. The van der Waals surface area contributed by atoms with E-state index < -0.39 is 17.8 Å². The molecule has 0 radical (unpaired) electrons. The largest absolute Gasteiger partial charge is 0.494 e. The normalized spacial score (nSPS) is 11.6. The Morgan fingerprint density at radius 2 is 2.35 bits per heavy atom. The van der Waals surface area contributed by atoms with E-state index in [2.05, 4.69) is 5.32 Å². The van der Waals surface area contributed by atoms with Crippen LogP contribution in [0.4, 0.5) is 4.39 Å². The van der Waals surface area contributed by atoms with E-state index >= 15 is 0 Å². The van der Waals surface area contributed by atoms with E-state index in [9.17, 15) is 14.0 Å². The Labute approximate surface area is 97.2 Å². The van der Waals surface area contributed by atoms with E-state index in [1.807, 2.05) is 0 Å². The molecule has 0 aromatic heterocycles. The number of hydrogen-bond donors (Lipinski definition) is 2. The highest BCUT2D eigenvalue weighted by Crippen LogP contribution is 2.20. The molecule has 92 valence electrons. The molecule has 0 fully saturated rings. The predicted octanol–water partition coefficient (Wildman–Crippen LogP) is 0.576. The van der Waals surface area contributed by atoms with Gasteiger partial charge in [0.1, 0.15) is 6.04 Å². The molecule has 2 N–H and O–H groups in total. The molecule has 5 nitrogen and oxygen atoms in total. The van der Waals surface area contributed by atoms with Crippen molar-refractivity contribution in [2.45, 2.75) is 12.5 Å². The number of halogens is 1. The fraction of sp³-hybridized carbons (Fsp3) is 0.273. The number of ether oxygens (including phenoxy) is 1. The third kappa shape index (κ3) is 3.17. The molecule has 0 aliphatic rings. The van der Waals surface area contributed by atoms with Crippen molar-refractivity contribution in [1.29, 1.82) is 0 Å². The molecule has 1 unspecified atom stereocenters. The fourth-order valence-electron chi connectivity index (χ4n) is 1.39. The van der Waals surface area contributed by atoms with Gasteiger partial charge in [-0.25, -0.2) is 9.18 Å². The summed E-state index contributed by atoms with van der Waals surface area (Å²) in [6.07, 6.45) is 0.133. The molecule has 0 saturated heterocycles. The van der Waals surface area contributed by atoms with Gasteiger partial charge in [-0.15, -0.1) is 0 Å². The van der Waals surface area contributed by atoms with E-state index in [0.29, 0.717) is 0 Å². The second-order valence-electron chi connectivity index (χ2n) is 3.31. The maximum atomic E-state index is 13.7. The standard InChI is InChI=1S/C11H12FNO4/c1-17-9-4-2-3-7(10(9)12)5-8(11(15)16)13-6-14/h2-4,6,8H,5H2,1H3,(H,13,14)(H,15,16). The van der Waals surface area contributed by atoms with Crippen molar-refractivity contribution in [3.05, 3.63) is 29.6 Å². The van der Waals surface area contributed by atoms with Crippen molar-refractivity contribution in [2.75, 3.05) is 7.11 Å². The van der Waals surface area contributed by atoms with Crippen LogP contribution in [-0.2, 0) is 16.0 Å². The fourth-order valence-corrected chi connectivity index (χ4v) is 1.39. The van der Waals surface area contributed by atoms with Gasteiger partial charge >= 0.3 is 5.97 Å². The van der Waals surface area contributed by atoms with E-state index in [4.69, 9.17) is 9.84 Å². The first-order valence-electron chi connectivity index (χ1n) is 4.84. The summed E-state index contributed by atoms with van der Waals surface area (Å²) in [5.41, 5.74) is 0.172. The number of methoxy groups -OCH3 is 1. The van der Waals surface area contributed by atoms with Crippen LogP contribution in [0.2, 0.25) is 0 Å². The maximum absolute atomic E-state index is 13.7. The zero-order valence-corrected chi connectivity index (χ0v) is 9.14. The van der Waals surface area contributed by atoms with Gasteiger partial charge in [-0.05, 0) is 11.6 Å². The number of nitrogens with one attached hydrogen (secondary N) is 1. The molecule has 0 spiro atoms. The van der Waals surface area contributed by atoms with Gasteiger partial charge in [0.15, 0.2) is 11.6 Å². The predicted molar refractivity (Wildman–Crippen MR) is 57.3 cm³/mol. The number of aliphatic carboxylic acids is 1. The summed E-state index contributed by atoms with van der Waals surface area (Å²) in [5.74, 6) is -1.80. The summed E-state index contributed by atoms with van der Waals surface area (Å²) in [4.78, 5) is 21.0. The Bertz CT molecular complexity index is 422. The lowest BCUT2D eigenvalue weighted by Crippen LogP contribution is -2.37. The molecule has 17 heavy (non-hydrogen) atoms. The van der Waals surface area contributed by atoms with Crippen molar-refractivity contribution in [3.8, 4) is 5.75 Å². The molecule has 1 aromatic rings. The molecular formula is C11H12FNO4. The number of carbonyl (C=O) groups is 2. The van der Waals surface area contributed by atoms with Gasteiger partial charge in [0, 0.05) is 6.42 Å². The molecule has 1 atom stereocenters. The van der Waals surface area contributed by atoms with Gasteiger partial charge in [-0.2, -0.15) is 0 Å². The number of amides is 1. The molecule has 0 saturated carbocycles. The Morgan fingerprint density at radius 1 is 1.65 bits per heavy atom. The summed E-state index contributed by atoms with van der Waals surface area (Å²) < 4.78 is 18.5. The SMILES string of the molecule is COc1cccc(CC(NC=O)C(=O)O)c1F. The van der Waals surface area contributed by atoms with Crippen LogP contribution in [0, 0.1) is 5.82 Å². The molecule has 1 amide bonds. The first-order valence-corrected chi connectivity index (χ1v) is 4.84. The Hall–Kier alpha value is -2.11. The lowest BCUT2D eigenvalue weighted by molar-refractivity contribution is -0.140. The van der Waals surface area contributed by atoms with E-state index in [-0.39, 0.29) is 24.1 Å². The van der Waals surface area contributed by atoms with Gasteiger partial charge in [0.2, 0.25) is 6.41 Å². The number of carboxylic acid groups (broad SMARTS) is 1. The van der Waals surface area contributed by atoms with E-state index in [0.717, 1.165) is 0 Å². The minimum atomic E-state index is -1.22. The molecular weight excluding hydrogens is 229 g/mol. The average molecular weight is 241 g/mol. The van der Waals surface area contributed by atoms with Crippen molar-refractivity contribution < 1.29 is 23.8 Å². The first kappa shape index (κ1) is 13.0. The maximum Gasteiger partial charge on any atom is 0.326 e. The minimum absolute atomic E-state index is 0.0396. The number of hydrogen-bond acceptors (Lipinski definition) is 3. The highest BCUT2D eigenvalue weighted by molar-refractivity contribution is 5.76. The van der Waals surface area contributed by atoms with Crippen LogP contribution in [0.1, 0.15) is 5.56 Å². The third-order valence-electron chi connectivity index (χ3n) is 2.25. The molecule has 0 bridgehead atoms. The summed E-state index contributed by atoms with van der Waals surface area (Å²) in [7, 11) is 1.32.